The Morgan fingerprint density at radius 2 is 2.29 bits per heavy atom. The van der Waals surface area contributed by atoms with Crippen molar-refractivity contribution in [3.05, 3.63) is 50.9 Å². The molecule has 0 radical (unpaired) electrons. The zero-order valence-electron chi connectivity index (χ0n) is 11.7. The monoisotopic (exact) mass is 305 g/mol. The summed E-state index contributed by atoms with van der Waals surface area (Å²) in [5, 5.41) is 6.34. The van der Waals surface area contributed by atoms with Crippen LogP contribution in [-0.4, -0.2) is 16.8 Å². The molecule has 0 saturated carbocycles. The minimum absolute atomic E-state index is 0.175. The fourth-order valence-corrected chi connectivity index (χ4v) is 2.71. The van der Waals surface area contributed by atoms with Gasteiger partial charge < -0.3 is 9.64 Å². The molecule has 1 aromatic heterocycles. The van der Waals surface area contributed by atoms with E-state index in [0.717, 1.165) is 17.7 Å². The summed E-state index contributed by atoms with van der Waals surface area (Å²) < 4.78 is 5.79. The van der Waals surface area contributed by atoms with E-state index in [1.165, 1.54) is 5.56 Å². The Kier molecular flexibility index (Phi) is 3.84. The Hall–Kier alpha value is -2.01. The van der Waals surface area contributed by atoms with E-state index in [2.05, 4.69) is 23.2 Å². The molecule has 0 amide bonds. The number of ether oxygens (including phenoxy) is 1. The molecule has 0 bridgehead atoms. The molecule has 0 aliphatic carbocycles. The van der Waals surface area contributed by atoms with Gasteiger partial charge in [0.05, 0.1) is 18.5 Å². The number of anilines is 1. The third-order valence-corrected chi connectivity index (χ3v) is 3.89. The lowest BCUT2D eigenvalue weighted by Gasteiger charge is -2.18. The average molecular weight is 306 g/mol. The summed E-state index contributed by atoms with van der Waals surface area (Å²) in [5.41, 5.74) is 2.63. The van der Waals surface area contributed by atoms with Crippen molar-refractivity contribution in [2.24, 2.45) is 0 Å². The molecule has 1 aromatic carbocycles. The van der Waals surface area contributed by atoms with Gasteiger partial charge >= 0.3 is 0 Å². The van der Waals surface area contributed by atoms with E-state index in [-0.39, 0.29) is 10.6 Å². The van der Waals surface area contributed by atoms with Gasteiger partial charge in [-0.25, -0.2) is 5.10 Å². The highest BCUT2D eigenvalue weighted by molar-refractivity contribution is 6.33. The summed E-state index contributed by atoms with van der Waals surface area (Å²) in [6, 6.07) is 6.04. The van der Waals surface area contributed by atoms with Gasteiger partial charge in [0, 0.05) is 18.7 Å². The van der Waals surface area contributed by atoms with Crippen LogP contribution in [0, 0.1) is 0 Å². The van der Waals surface area contributed by atoms with Crippen LogP contribution in [0.2, 0.25) is 5.02 Å². The Labute approximate surface area is 127 Å². The van der Waals surface area contributed by atoms with E-state index in [4.69, 9.17) is 16.3 Å². The summed E-state index contributed by atoms with van der Waals surface area (Å²) in [6.45, 7) is 4.14. The summed E-state index contributed by atoms with van der Waals surface area (Å²) >= 11 is 6.08. The van der Waals surface area contributed by atoms with Gasteiger partial charge in [-0.2, -0.15) is 5.10 Å². The van der Waals surface area contributed by atoms with E-state index in [0.29, 0.717) is 25.4 Å². The molecule has 1 aliphatic heterocycles. The van der Waals surface area contributed by atoms with Crippen molar-refractivity contribution < 1.29 is 4.74 Å². The van der Waals surface area contributed by atoms with Crippen LogP contribution in [0.5, 0.6) is 5.75 Å². The lowest BCUT2D eigenvalue weighted by Crippen LogP contribution is -2.20. The van der Waals surface area contributed by atoms with E-state index >= 15 is 0 Å². The van der Waals surface area contributed by atoms with Crippen LogP contribution in [-0.2, 0) is 13.1 Å². The molecular weight excluding hydrogens is 290 g/mol. The van der Waals surface area contributed by atoms with Gasteiger partial charge in [-0.1, -0.05) is 30.7 Å². The number of H-pyrrole nitrogens is 1. The first-order chi connectivity index (χ1) is 10.2. The van der Waals surface area contributed by atoms with Crippen LogP contribution in [0.1, 0.15) is 24.5 Å². The summed E-state index contributed by atoms with van der Waals surface area (Å²) in [5.74, 6) is 0.908. The van der Waals surface area contributed by atoms with Crippen molar-refractivity contribution in [2.45, 2.75) is 26.4 Å². The number of hydrogen-bond donors (Lipinski definition) is 1. The highest BCUT2D eigenvalue weighted by atomic mass is 35.5. The zero-order valence-corrected chi connectivity index (χ0v) is 12.5. The van der Waals surface area contributed by atoms with E-state index < -0.39 is 0 Å². The number of nitrogens with one attached hydrogen (secondary N) is 1. The van der Waals surface area contributed by atoms with Gasteiger partial charge in [0.15, 0.2) is 0 Å². The normalized spacial score (nSPS) is 13.3. The molecule has 2 aromatic rings. The molecule has 110 valence electrons. The third-order valence-electron chi connectivity index (χ3n) is 3.52. The maximum absolute atomic E-state index is 11.6. The number of aromatic amines is 1. The Morgan fingerprint density at radius 1 is 1.43 bits per heavy atom. The first-order valence-corrected chi connectivity index (χ1v) is 7.30. The van der Waals surface area contributed by atoms with Crippen LogP contribution in [0.15, 0.2) is 29.2 Å². The van der Waals surface area contributed by atoms with E-state index in [1.54, 1.807) is 6.20 Å². The molecule has 0 unspecified atom stereocenters. The lowest BCUT2D eigenvalue weighted by atomic mass is 10.1. The van der Waals surface area contributed by atoms with Crippen molar-refractivity contribution in [1.29, 1.82) is 0 Å². The van der Waals surface area contributed by atoms with Gasteiger partial charge in [0.2, 0.25) is 0 Å². The Morgan fingerprint density at radius 3 is 3.10 bits per heavy atom. The molecule has 5 nitrogen and oxygen atoms in total. The van der Waals surface area contributed by atoms with Crippen LogP contribution < -0.4 is 15.2 Å². The molecule has 2 heterocycles. The predicted octanol–water partition coefficient (Wildman–Crippen LogP) is 2.73. The Bertz CT molecular complexity index is 714. The standard InChI is InChI=1S/C15H16ClN3O2/c1-2-6-21-13-5-3-4-10-8-19(9-11(10)13)12-7-17-18-15(20)14(12)16/h3-5,7H,2,6,8-9H2,1H3,(H,18,20). The fourth-order valence-electron chi connectivity index (χ4n) is 2.50. The van der Waals surface area contributed by atoms with Gasteiger partial charge in [-0.05, 0) is 18.1 Å². The first kappa shape index (κ1) is 13.9. The number of fused-ring (bicyclic) bond motifs is 1. The maximum Gasteiger partial charge on any atom is 0.285 e. The second kappa shape index (κ2) is 5.77. The highest BCUT2D eigenvalue weighted by Gasteiger charge is 2.24. The Balaban J connectivity index is 1.91. The predicted molar refractivity (Wildman–Crippen MR) is 82.0 cm³/mol. The molecule has 0 saturated heterocycles. The summed E-state index contributed by atoms with van der Waals surface area (Å²) in [4.78, 5) is 13.6. The highest BCUT2D eigenvalue weighted by Crippen LogP contribution is 2.35. The quantitative estimate of drug-likeness (QED) is 0.943. The maximum atomic E-state index is 11.6. The van der Waals surface area contributed by atoms with Crippen LogP contribution in [0.25, 0.3) is 0 Å². The fraction of sp³-hybridized carbons (Fsp3) is 0.333. The van der Waals surface area contributed by atoms with Crippen LogP contribution in [0.4, 0.5) is 5.69 Å². The topological polar surface area (TPSA) is 58.2 Å². The minimum atomic E-state index is -0.368. The smallest absolute Gasteiger partial charge is 0.285 e. The van der Waals surface area contributed by atoms with Crippen molar-refractivity contribution in [3.8, 4) is 5.75 Å². The van der Waals surface area contributed by atoms with Gasteiger partial charge in [0.25, 0.3) is 5.56 Å². The van der Waals surface area contributed by atoms with E-state index in [1.807, 2.05) is 17.0 Å². The van der Waals surface area contributed by atoms with Crippen molar-refractivity contribution in [2.75, 3.05) is 11.5 Å². The van der Waals surface area contributed by atoms with Crippen LogP contribution >= 0.6 is 11.6 Å². The van der Waals surface area contributed by atoms with Crippen molar-refractivity contribution >= 4 is 17.3 Å². The number of halogens is 1. The second-order valence-corrected chi connectivity index (χ2v) is 5.37. The SMILES string of the molecule is CCCOc1cccc2c1CN(c1cn[nH]c(=O)c1Cl)C2. The zero-order chi connectivity index (χ0) is 14.8. The molecule has 0 atom stereocenters. The average Bonchev–Trinajstić information content (AvgIpc) is 2.92. The van der Waals surface area contributed by atoms with Crippen molar-refractivity contribution in [1.82, 2.24) is 10.2 Å². The number of hydrogen-bond acceptors (Lipinski definition) is 4. The minimum Gasteiger partial charge on any atom is -0.493 e. The van der Waals surface area contributed by atoms with Crippen molar-refractivity contribution in [3.63, 3.8) is 0 Å². The molecule has 6 heteroatoms. The van der Waals surface area contributed by atoms with Gasteiger partial charge in [-0.3, -0.25) is 4.79 Å². The number of nitrogens with zero attached hydrogens (tertiary/aromatic N) is 2. The second-order valence-electron chi connectivity index (χ2n) is 5.00. The summed E-state index contributed by atoms with van der Waals surface area (Å²) in [6.07, 6.45) is 2.55. The molecule has 3 rings (SSSR count). The molecule has 0 spiro atoms. The molecule has 1 aliphatic rings. The van der Waals surface area contributed by atoms with Gasteiger partial charge in [0.1, 0.15) is 10.8 Å². The van der Waals surface area contributed by atoms with E-state index in [9.17, 15) is 4.79 Å². The lowest BCUT2D eigenvalue weighted by molar-refractivity contribution is 0.314. The number of benzene rings is 1. The molecule has 21 heavy (non-hydrogen) atoms. The summed E-state index contributed by atoms with van der Waals surface area (Å²) in [7, 11) is 0. The van der Waals surface area contributed by atoms with Crippen LogP contribution in [0.3, 0.4) is 0 Å². The molecule has 1 N–H and O–H groups in total. The third kappa shape index (κ3) is 2.61. The molecule has 0 fully saturated rings. The largest absolute Gasteiger partial charge is 0.493 e. The number of rotatable bonds is 4. The van der Waals surface area contributed by atoms with Gasteiger partial charge in [-0.15, -0.1) is 0 Å². The number of aromatic nitrogens is 2. The molecular formula is C15H16ClN3O2. The first-order valence-electron chi connectivity index (χ1n) is 6.92.